The van der Waals surface area contributed by atoms with Crippen molar-refractivity contribution in [2.75, 3.05) is 12.4 Å². The summed E-state index contributed by atoms with van der Waals surface area (Å²) in [5, 5.41) is 12.7. The Morgan fingerprint density at radius 3 is 2.61 bits per heavy atom. The molecular weight excluding hydrogens is 375 g/mol. The predicted molar refractivity (Wildman–Crippen MR) is 94.1 cm³/mol. The highest BCUT2D eigenvalue weighted by molar-refractivity contribution is 6.03. The zero-order valence-electron chi connectivity index (χ0n) is 14.9. The van der Waals surface area contributed by atoms with Gasteiger partial charge in [0.2, 0.25) is 5.91 Å². The highest BCUT2D eigenvalue weighted by atomic mass is 19.1. The second-order valence-electron chi connectivity index (χ2n) is 6.53. The largest absolute Gasteiger partial charge is 0.346 e. The number of anilines is 1. The molecule has 10 heteroatoms. The number of rotatable bonds is 3. The van der Waals surface area contributed by atoms with E-state index in [0.29, 0.717) is 0 Å². The van der Waals surface area contributed by atoms with Crippen LogP contribution >= 0.6 is 0 Å². The number of benzene rings is 1. The van der Waals surface area contributed by atoms with E-state index < -0.39 is 40.4 Å². The summed E-state index contributed by atoms with van der Waals surface area (Å²) in [6.45, 7) is 1.39. The molecule has 7 nitrogen and oxygen atoms in total. The van der Waals surface area contributed by atoms with Crippen molar-refractivity contribution in [2.45, 2.75) is 18.9 Å². The van der Waals surface area contributed by atoms with Crippen molar-refractivity contribution >= 4 is 23.5 Å². The molecule has 0 bridgehead atoms. The summed E-state index contributed by atoms with van der Waals surface area (Å²) in [7, 11) is 1.37. The Kier molecular flexibility index (Phi) is 4.80. The second kappa shape index (κ2) is 6.95. The number of halogens is 3. The van der Waals surface area contributed by atoms with Crippen LogP contribution in [0.1, 0.15) is 29.4 Å². The molecule has 0 aliphatic carbocycles. The van der Waals surface area contributed by atoms with Gasteiger partial charge in [-0.1, -0.05) is 0 Å². The third-order valence-electron chi connectivity index (χ3n) is 4.46. The lowest BCUT2D eigenvalue weighted by Crippen LogP contribution is -2.58. The Balaban J connectivity index is 1.96. The number of nitrogens with one attached hydrogen (secondary N) is 3. The van der Waals surface area contributed by atoms with Crippen LogP contribution in [0.25, 0.3) is 0 Å². The Bertz CT molecular complexity index is 960. The maximum atomic E-state index is 15.1. The van der Waals surface area contributed by atoms with Crippen LogP contribution in [0, 0.1) is 22.9 Å². The summed E-state index contributed by atoms with van der Waals surface area (Å²) >= 11 is 0. The van der Waals surface area contributed by atoms with Crippen LogP contribution in [0.2, 0.25) is 0 Å². The number of carbonyl (C=O) groups excluding carboxylic acids is 2. The van der Waals surface area contributed by atoms with Gasteiger partial charge < -0.3 is 10.6 Å². The van der Waals surface area contributed by atoms with E-state index in [-0.39, 0.29) is 23.8 Å². The molecule has 1 aromatic heterocycles. The fraction of sp³-hybridized carbons (Fsp3) is 0.222. The molecule has 28 heavy (non-hydrogen) atoms. The molecule has 1 saturated heterocycles. The van der Waals surface area contributed by atoms with E-state index in [1.165, 1.54) is 14.0 Å². The van der Waals surface area contributed by atoms with Gasteiger partial charge in [-0.05, 0) is 31.2 Å². The Labute approximate surface area is 158 Å². The fourth-order valence-electron chi connectivity index (χ4n) is 2.94. The van der Waals surface area contributed by atoms with Gasteiger partial charge in [0.05, 0.1) is 29.4 Å². The van der Waals surface area contributed by atoms with E-state index in [1.54, 1.807) is 0 Å². The second-order valence-corrected chi connectivity index (χ2v) is 6.53. The molecule has 3 N–H and O–H groups in total. The third kappa shape index (κ3) is 3.40. The normalized spacial score (nSPS) is 19.4. The molecule has 2 amide bonds. The molecule has 146 valence electrons. The minimum absolute atomic E-state index is 0.160. The lowest BCUT2D eigenvalue weighted by atomic mass is 9.85. The summed E-state index contributed by atoms with van der Waals surface area (Å²) < 4.78 is 42.5. The molecule has 1 fully saturated rings. The van der Waals surface area contributed by atoms with Gasteiger partial charge in [-0.25, -0.2) is 18.2 Å². The van der Waals surface area contributed by atoms with E-state index in [9.17, 15) is 18.4 Å². The summed E-state index contributed by atoms with van der Waals surface area (Å²) in [5.74, 6) is -4.27. The fourth-order valence-corrected chi connectivity index (χ4v) is 2.94. The van der Waals surface area contributed by atoms with E-state index in [0.717, 1.165) is 35.4 Å². The van der Waals surface area contributed by atoms with Gasteiger partial charge >= 0.3 is 0 Å². The first kappa shape index (κ1) is 19.3. The number of carbonyl (C=O) groups is 2. The summed E-state index contributed by atoms with van der Waals surface area (Å²) in [6, 6.07) is 4.12. The lowest BCUT2D eigenvalue weighted by molar-refractivity contribution is -0.129. The highest BCUT2D eigenvalue weighted by Gasteiger charge is 2.42. The van der Waals surface area contributed by atoms with Crippen molar-refractivity contribution < 1.29 is 22.8 Å². The lowest BCUT2D eigenvalue weighted by Gasteiger charge is -2.39. The summed E-state index contributed by atoms with van der Waals surface area (Å²) in [4.78, 5) is 28.9. The van der Waals surface area contributed by atoms with E-state index in [1.807, 2.05) is 0 Å². The molecule has 1 atom stereocenters. The minimum atomic E-state index is -1.52. The third-order valence-corrected chi connectivity index (χ3v) is 4.46. The standard InChI is InChI=1S/C18H16F3N5O2/c1-18(7-13(27)26(2)17(22)25-18)14-10(20)4-6-11(15(14)21)24-16(28)12-5-3-9(19)8-23-12/h3-6,8H,7H2,1-2H3,(H2,22,25)(H,24,28)/t18-/m0/s1. The number of guanidine groups is 1. The van der Waals surface area contributed by atoms with Crippen LogP contribution in [0.4, 0.5) is 18.9 Å². The van der Waals surface area contributed by atoms with Gasteiger partial charge in [0.15, 0.2) is 11.8 Å². The van der Waals surface area contributed by atoms with Crippen LogP contribution in [-0.4, -0.2) is 34.7 Å². The van der Waals surface area contributed by atoms with Gasteiger partial charge in [0.25, 0.3) is 5.91 Å². The maximum Gasteiger partial charge on any atom is 0.274 e. The van der Waals surface area contributed by atoms with E-state index in [2.05, 4.69) is 15.6 Å². The van der Waals surface area contributed by atoms with Crippen LogP contribution in [0.5, 0.6) is 0 Å². The molecule has 2 heterocycles. The summed E-state index contributed by atoms with van der Waals surface area (Å²) in [6.07, 6.45) is 0.540. The predicted octanol–water partition coefficient (Wildman–Crippen LogP) is 2.35. The van der Waals surface area contributed by atoms with Crippen molar-refractivity contribution in [3.05, 3.63) is 59.2 Å². The molecule has 3 rings (SSSR count). The van der Waals surface area contributed by atoms with Crippen molar-refractivity contribution in [3.8, 4) is 0 Å². The van der Waals surface area contributed by atoms with Gasteiger partial charge in [-0.3, -0.25) is 19.9 Å². The Hall–Kier alpha value is -3.43. The van der Waals surface area contributed by atoms with Gasteiger partial charge in [-0.15, -0.1) is 0 Å². The number of hydrogen-bond acceptors (Lipinski definition) is 4. The zero-order valence-corrected chi connectivity index (χ0v) is 14.9. The highest BCUT2D eigenvalue weighted by Crippen LogP contribution is 2.35. The monoisotopic (exact) mass is 391 g/mol. The Morgan fingerprint density at radius 2 is 2.00 bits per heavy atom. The number of hydrogen-bond donors (Lipinski definition) is 3. The molecular formula is C18H16F3N5O2. The molecule has 0 radical (unpaired) electrons. The van der Waals surface area contributed by atoms with Crippen LogP contribution < -0.4 is 10.6 Å². The topological polar surface area (TPSA) is 98.2 Å². The molecule has 2 aromatic rings. The quantitative estimate of drug-likeness (QED) is 0.748. The average Bonchev–Trinajstić information content (AvgIpc) is 2.62. The first-order valence-electron chi connectivity index (χ1n) is 8.17. The van der Waals surface area contributed by atoms with Gasteiger partial charge in [-0.2, -0.15) is 0 Å². The molecule has 0 spiro atoms. The van der Waals surface area contributed by atoms with Gasteiger partial charge in [0, 0.05) is 7.05 Å². The zero-order chi connectivity index (χ0) is 20.6. The van der Waals surface area contributed by atoms with Crippen LogP contribution in [-0.2, 0) is 10.3 Å². The summed E-state index contributed by atoms with van der Waals surface area (Å²) in [5.41, 5.74) is -2.51. The number of aromatic nitrogens is 1. The van der Waals surface area contributed by atoms with Crippen molar-refractivity contribution in [1.29, 1.82) is 5.41 Å². The first-order valence-corrected chi connectivity index (χ1v) is 8.17. The van der Waals surface area contributed by atoms with E-state index in [4.69, 9.17) is 5.41 Å². The Morgan fingerprint density at radius 1 is 1.29 bits per heavy atom. The van der Waals surface area contributed by atoms with Crippen molar-refractivity contribution in [1.82, 2.24) is 15.2 Å². The molecule has 0 unspecified atom stereocenters. The smallest absolute Gasteiger partial charge is 0.274 e. The molecule has 1 aromatic carbocycles. The molecule has 1 aliphatic rings. The molecule has 1 aliphatic heterocycles. The molecule has 0 saturated carbocycles. The van der Waals surface area contributed by atoms with Crippen molar-refractivity contribution in [3.63, 3.8) is 0 Å². The first-order chi connectivity index (χ1) is 13.1. The average molecular weight is 391 g/mol. The van der Waals surface area contributed by atoms with Crippen LogP contribution in [0.3, 0.4) is 0 Å². The SMILES string of the molecule is CN1C(=N)N[C@](C)(c2c(F)ccc(NC(=O)c3ccc(F)cn3)c2F)CC1=O. The van der Waals surface area contributed by atoms with Crippen molar-refractivity contribution in [2.24, 2.45) is 0 Å². The van der Waals surface area contributed by atoms with E-state index >= 15 is 4.39 Å². The number of pyridine rings is 1. The maximum absolute atomic E-state index is 15.1. The minimum Gasteiger partial charge on any atom is -0.346 e. The van der Waals surface area contributed by atoms with Crippen LogP contribution in [0.15, 0.2) is 30.5 Å². The van der Waals surface area contributed by atoms with Gasteiger partial charge in [0.1, 0.15) is 17.3 Å². The number of amides is 2. The number of nitrogens with zero attached hydrogens (tertiary/aromatic N) is 2.